The van der Waals surface area contributed by atoms with Crippen LogP contribution in [-0.4, -0.2) is 64.4 Å². The lowest BCUT2D eigenvalue weighted by molar-refractivity contribution is -0.202. The zero-order chi connectivity index (χ0) is 21.4. The summed E-state index contributed by atoms with van der Waals surface area (Å²) in [5, 5.41) is 8.83. The van der Waals surface area contributed by atoms with Gasteiger partial charge in [-0.15, -0.1) is 0 Å². The van der Waals surface area contributed by atoms with Gasteiger partial charge in [0, 0.05) is 6.20 Å². The number of hydrogen-bond acceptors (Lipinski definition) is 10. The predicted molar refractivity (Wildman–Crippen MR) is 85.0 cm³/mol. The Hall–Kier alpha value is -2.42. The number of hydrogen-bond donors (Lipinski definition) is 2. The molecule has 1 aromatic rings. The highest BCUT2D eigenvalue weighted by Gasteiger charge is 2.56. The van der Waals surface area contributed by atoms with Gasteiger partial charge >= 0.3 is 18.0 Å². The number of aromatic nitrogens is 2. The summed E-state index contributed by atoms with van der Waals surface area (Å²) in [5.74, 6) is -1.13. The van der Waals surface area contributed by atoms with Crippen LogP contribution in [0.25, 0.3) is 0 Å². The molecule has 162 valence electrons. The number of carbonyl (C=O) groups excluding carboxylic acids is 1. The number of alkyl halides is 3. The highest BCUT2D eigenvalue weighted by Crippen LogP contribution is 2.42. The van der Waals surface area contributed by atoms with Crippen LogP contribution in [0.5, 0.6) is 0 Å². The second-order valence-electron chi connectivity index (χ2n) is 6.71. The van der Waals surface area contributed by atoms with Gasteiger partial charge in [0.2, 0.25) is 0 Å². The number of halogens is 3. The minimum atomic E-state index is -4.69. The van der Waals surface area contributed by atoms with E-state index in [1.54, 1.807) is 19.3 Å². The van der Waals surface area contributed by atoms with Crippen molar-refractivity contribution < 1.29 is 46.9 Å². The fourth-order valence-corrected chi connectivity index (χ4v) is 3.02. The van der Waals surface area contributed by atoms with Gasteiger partial charge in [0.15, 0.2) is 24.4 Å². The smallest absolute Gasteiger partial charge is 0.431 e. The first-order chi connectivity index (χ1) is 13.5. The van der Waals surface area contributed by atoms with E-state index < -0.39 is 61.6 Å². The Labute approximate surface area is 161 Å². The Morgan fingerprint density at radius 2 is 2.03 bits per heavy atom. The van der Waals surface area contributed by atoms with Crippen LogP contribution in [0.15, 0.2) is 17.1 Å². The molecule has 29 heavy (non-hydrogen) atoms. The summed E-state index contributed by atoms with van der Waals surface area (Å²) >= 11 is 0. The van der Waals surface area contributed by atoms with E-state index in [4.69, 9.17) is 19.4 Å². The van der Waals surface area contributed by atoms with E-state index in [-0.39, 0.29) is 5.82 Å². The molecule has 2 N–H and O–H groups in total. The molecule has 0 bridgehead atoms. The lowest BCUT2D eigenvalue weighted by Gasteiger charge is -2.24. The van der Waals surface area contributed by atoms with Gasteiger partial charge in [0.1, 0.15) is 24.9 Å². The first kappa shape index (κ1) is 21.3. The van der Waals surface area contributed by atoms with E-state index >= 15 is 0 Å². The van der Waals surface area contributed by atoms with Gasteiger partial charge in [0.05, 0.1) is 0 Å². The minimum absolute atomic E-state index is 0.0861. The standard InChI is InChI=1S/C15H18F3N3O8/c1-14(2)28-9-7(5-25-13(23)26-6-15(16,17)18)27-11(10(9)29-14)21-4-3-8(20-24)19-12(21)22/h3-4,7,9-11,24H,5-6H2,1-2H3,(H,19,20,22)/t7-,9-,10-,11-/m1/s1. The van der Waals surface area contributed by atoms with Crippen molar-refractivity contribution in [2.75, 3.05) is 18.7 Å². The SMILES string of the molecule is CC1(C)O[C@@H]2[C@H](O1)[C@@H](COC(=O)OCC(F)(F)F)O[C@H]2n1ccc(NO)nc1=O. The van der Waals surface area contributed by atoms with Crippen molar-refractivity contribution in [3.63, 3.8) is 0 Å². The molecule has 0 aromatic carbocycles. The largest absolute Gasteiger partial charge is 0.508 e. The first-order valence-electron chi connectivity index (χ1n) is 8.36. The molecule has 0 unspecified atom stereocenters. The molecule has 11 nitrogen and oxygen atoms in total. The second kappa shape index (κ2) is 7.78. The van der Waals surface area contributed by atoms with Gasteiger partial charge in [-0.25, -0.2) is 9.59 Å². The number of rotatable bonds is 5. The highest BCUT2D eigenvalue weighted by molar-refractivity contribution is 5.59. The molecule has 0 amide bonds. The fraction of sp³-hybridized carbons (Fsp3) is 0.667. The molecule has 4 atom stereocenters. The number of nitrogens with one attached hydrogen (secondary N) is 1. The normalized spacial score (nSPS) is 28.1. The molecule has 0 saturated carbocycles. The van der Waals surface area contributed by atoms with Crippen LogP contribution in [0.4, 0.5) is 23.8 Å². The van der Waals surface area contributed by atoms with Gasteiger partial charge in [0.25, 0.3) is 0 Å². The summed E-state index contributed by atoms with van der Waals surface area (Å²) in [6, 6.07) is 1.30. The van der Waals surface area contributed by atoms with Gasteiger partial charge in [-0.3, -0.25) is 15.3 Å². The molecule has 3 rings (SSSR count). The van der Waals surface area contributed by atoms with Crippen molar-refractivity contribution in [2.24, 2.45) is 0 Å². The van der Waals surface area contributed by atoms with Crippen LogP contribution < -0.4 is 11.2 Å². The van der Waals surface area contributed by atoms with Crippen molar-refractivity contribution in [3.8, 4) is 0 Å². The zero-order valence-electron chi connectivity index (χ0n) is 15.2. The molecule has 2 aliphatic heterocycles. The Bertz CT molecular complexity index is 815. The minimum Gasteiger partial charge on any atom is -0.431 e. The maximum Gasteiger partial charge on any atom is 0.508 e. The quantitative estimate of drug-likeness (QED) is 0.524. The van der Waals surface area contributed by atoms with Crippen LogP contribution in [0.2, 0.25) is 0 Å². The van der Waals surface area contributed by atoms with Crippen LogP contribution in [0.3, 0.4) is 0 Å². The molecule has 2 fully saturated rings. The van der Waals surface area contributed by atoms with Crippen LogP contribution in [0.1, 0.15) is 20.1 Å². The average Bonchev–Trinajstić information content (AvgIpc) is 3.10. The van der Waals surface area contributed by atoms with E-state index in [1.807, 2.05) is 0 Å². The van der Waals surface area contributed by atoms with E-state index in [2.05, 4.69) is 14.5 Å². The summed E-state index contributed by atoms with van der Waals surface area (Å²) < 4.78 is 63.2. The Balaban J connectivity index is 1.71. The van der Waals surface area contributed by atoms with E-state index in [0.717, 1.165) is 4.57 Å². The molecule has 14 heteroatoms. The summed E-state index contributed by atoms with van der Waals surface area (Å²) in [7, 11) is 0. The third kappa shape index (κ3) is 4.95. The molecule has 2 saturated heterocycles. The van der Waals surface area contributed by atoms with Gasteiger partial charge in [-0.2, -0.15) is 18.2 Å². The molecule has 0 radical (unpaired) electrons. The number of anilines is 1. The Morgan fingerprint density at radius 1 is 1.34 bits per heavy atom. The molecule has 1 aromatic heterocycles. The lowest BCUT2D eigenvalue weighted by Crippen LogP contribution is -2.34. The number of carbonyl (C=O) groups is 1. The van der Waals surface area contributed by atoms with Crippen molar-refractivity contribution in [1.82, 2.24) is 9.55 Å². The number of ether oxygens (including phenoxy) is 5. The fourth-order valence-electron chi connectivity index (χ4n) is 3.02. The monoisotopic (exact) mass is 425 g/mol. The van der Waals surface area contributed by atoms with Gasteiger partial charge in [-0.1, -0.05) is 0 Å². The highest BCUT2D eigenvalue weighted by atomic mass is 19.4. The third-order valence-corrected chi connectivity index (χ3v) is 4.06. The maximum atomic E-state index is 12.2. The van der Waals surface area contributed by atoms with E-state index in [1.165, 1.54) is 12.3 Å². The van der Waals surface area contributed by atoms with Crippen molar-refractivity contribution in [1.29, 1.82) is 0 Å². The Morgan fingerprint density at radius 3 is 2.66 bits per heavy atom. The van der Waals surface area contributed by atoms with Crippen molar-refractivity contribution >= 4 is 12.0 Å². The van der Waals surface area contributed by atoms with Crippen LogP contribution >= 0.6 is 0 Å². The molecule has 2 aliphatic rings. The zero-order valence-corrected chi connectivity index (χ0v) is 15.2. The van der Waals surface area contributed by atoms with Crippen molar-refractivity contribution in [3.05, 3.63) is 22.7 Å². The molecular formula is C15H18F3N3O8. The third-order valence-electron chi connectivity index (χ3n) is 4.06. The van der Waals surface area contributed by atoms with Crippen LogP contribution in [0, 0.1) is 0 Å². The molecule has 3 heterocycles. The molecule has 0 aliphatic carbocycles. The summed E-state index contributed by atoms with van der Waals surface area (Å²) in [6.45, 7) is 0.965. The molecular weight excluding hydrogens is 407 g/mol. The van der Waals surface area contributed by atoms with Crippen LogP contribution in [-0.2, 0) is 23.7 Å². The number of nitrogens with zero attached hydrogens (tertiary/aromatic N) is 2. The van der Waals surface area contributed by atoms with Gasteiger partial charge < -0.3 is 23.7 Å². The van der Waals surface area contributed by atoms with E-state index in [0.29, 0.717) is 0 Å². The summed E-state index contributed by atoms with van der Waals surface area (Å²) in [5.41, 5.74) is 0.965. The average molecular weight is 425 g/mol. The van der Waals surface area contributed by atoms with E-state index in [9.17, 15) is 22.8 Å². The summed E-state index contributed by atoms with van der Waals surface area (Å²) in [4.78, 5) is 27.2. The van der Waals surface area contributed by atoms with Gasteiger partial charge in [-0.05, 0) is 19.9 Å². The topological polar surface area (TPSA) is 130 Å². The Kier molecular flexibility index (Phi) is 5.71. The summed E-state index contributed by atoms with van der Waals surface area (Å²) in [6.07, 6.45) is -8.46. The van der Waals surface area contributed by atoms with Crippen molar-refractivity contribution in [2.45, 2.75) is 50.4 Å². The molecule has 0 spiro atoms. The number of fused-ring (bicyclic) bond motifs is 1. The first-order valence-corrected chi connectivity index (χ1v) is 8.36. The second-order valence-corrected chi connectivity index (χ2v) is 6.71. The lowest BCUT2D eigenvalue weighted by atomic mass is 10.1. The predicted octanol–water partition coefficient (Wildman–Crippen LogP) is 1.18. The maximum absolute atomic E-state index is 12.2.